The number of rotatable bonds is 3. The molecule has 1 aliphatic heterocycles. The van der Waals surface area contributed by atoms with Gasteiger partial charge in [0.2, 0.25) is 0 Å². The second-order valence-corrected chi connectivity index (χ2v) is 1.56. The van der Waals surface area contributed by atoms with Crippen molar-refractivity contribution in [1.29, 1.82) is 0 Å². The highest BCUT2D eigenvalue weighted by atomic mass is 16.4. The van der Waals surface area contributed by atoms with Crippen molar-refractivity contribution < 1.29 is 9.90 Å². The van der Waals surface area contributed by atoms with Gasteiger partial charge >= 0.3 is 5.97 Å². The first kappa shape index (κ1) is 5.08. The van der Waals surface area contributed by atoms with Gasteiger partial charge in [-0.25, -0.2) is 0 Å². The van der Waals surface area contributed by atoms with E-state index in [-0.39, 0.29) is 6.42 Å². The Labute approximate surface area is 46.2 Å². The van der Waals surface area contributed by atoms with Crippen LogP contribution >= 0.6 is 0 Å². The van der Waals surface area contributed by atoms with Crippen molar-refractivity contribution in [2.24, 2.45) is 5.10 Å². The maximum Gasteiger partial charge on any atom is 0.303 e. The van der Waals surface area contributed by atoms with Gasteiger partial charge in [-0.1, -0.05) is 0 Å². The van der Waals surface area contributed by atoms with Crippen molar-refractivity contribution in [1.82, 2.24) is 5.43 Å². The summed E-state index contributed by atoms with van der Waals surface area (Å²) in [6, 6.07) is 0. The van der Waals surface area contributed by atoms with Crippen LogP contribution in [-0.4, -0.2) is 16.9 Å². The third-order valence-electron chi connectivity index (χ3n) is 0.846. The Hall–Kier alpha value is -1.06. The van der Waals surface area contributed by atoms with Crippen LogP contribution in [0, 0.1) is 0 Å². The number of carbonyl (C=O) groups is 1. The molecule has 0 bridgehead atoms. The van der Waals surface area contributed by atoms with Crippen LogP contribution in [0.1, 0.15) is 12.8 Å². The molecule has 0 aliphatic carbocycles. The minimum Gasteiger partial charge on any atom is -0.481 e. The molecular formula is C4H6N2O2. The first-order valence-corrected chi connectivity index (χ1v) is 2.33. The van der Waals surface area contributed by atoms with E-state index < -0.39 is 5.97 Å². The molecule has 0 radical (unpaired) electrons. The molecule has 0 unspecified atom stereocenters. The Kier molecular flexibility index (Phi) is 1.15. The van der Waals surface area contributed by atoms with Crippen LogP contribution in [0.4, 0.5) is 0 Å². The van der Waals surface area contributed by atoms with Crippen molar-refractivity contribution in [3.8, 4) is 0 Å². The molecule has 0 saturated heterocycles. The van der Waals surface area contributed by atoms with E-state index in [2.05, 4.69) is 10.5 Å². The number of amidine groups is 1. The molecular weight excluding hydrogens is 108 g/mol. The average molecular weight is 114 g/mol. The van der Waals surface area contributed by atoms with Crippen molar-refractivity contribution in [3.05, 3.63) is 0 Å². The molecule has 44 valence electrons. The maximum atomic E-state index is 9.85. The minimum atomic E-state index is -0.776. The molecule has 2 N–H and O–H groups in total. The lowest BCUT2D eigenvalue weighted by Crippen LogP contribution is -1.99. The highest BCUT2D eigenvalue weighted by Crippen LogP contribution is 1.97. The lowest BCUT2D eigenvalue weighted by Gasteiger charge is -1.82. The van der Waals surface area contributed by atoms with Crippen LogP contribution in [0.5, 0.6) is 0 Å². The molecule has 4 heteroatoms. The molecule has 4 nitrogen and oxygen atoms in total. The van der Waals surface area contributed by atoms with Crippen molar-refractivity contribution in [3.63, 3.8) is 0 Å². The van der Waals surface area contributed by atoms with Crippen LogP contribution in [0.15, 0.2) is 5.10 Å². The largest absolute Gasteiger partial charge is 0.481 e. The molecule has 8 heavy (non-hydrogen) atoms. The SMILES string of the molecule is O=C(O)CCC1=NN1. The lowest BCUT2D eigenvalue weighted by molar-refractivity contribution is -0.136. The fourth-order valence-corrected chi connectivity index (χ4v) is 0.377. The summed E-state index contributed by atoms with van der Waals surface area (Å²) >= 11 is 0. The zero-order chi connectivity index (χ0) is 5.98. The summed E-state index contributed by atoms with van der Waals surface area (Å²) in [7, 11) is 0. The summed E-state index contributed by atoms with van der Waals surface area (Å²) in [5.74, 6) is 0.0220. The van der Waals surface area contributed by atoms with Crippen LogP contribution in [-0.2, 0) is 4.79 Å². The van der Waals surface area contributed by atoms with Crippen LogP contribution < -0.4 is 5.43 Å². The van der Waals surface area contributed by atoms with Crippen molar-refractivity contribution >= 4 is 11.8 Å². The highest BCUT2D eigenvalue weighted by molar-refractivity contribution is 5.92. The molecule has 0 spiro atoms. The number of nitrogens with one attached hydrogen (secondary N) is 1. The van der Waals surface area contributed by atoms with Gasteiger partial charge in [-0.15, -0.1) is 0 Å². The molecule has 0 aromatic heterocycles. The summed E-state index contributed by atoms with van der Waals surface area (Å²) < 4.78 is 0. The number of carboxylic acids is 1. The molecule has 1 aliphatic rings. The molecule has 0 saturated carbocycles. The van der Waals surface area contributed by atoms with Gasteiger partial charge in [-0.2, -0.15) is 5.10 Å². The number of aliphatic carboxylic acids is 1. The van der Waals surface area contributed by atoms with E-state index in [4.69, 9.17) is 5.11 Å². The van der Waals surface area contributed by atoms with Gasteiger partial charge in [0.05, 0.1) is 6.42 Å². The average Bonchev–Trinajstić information content (AvgIpc) is 2.41. The molecule has 1 rings (SSSR count). The van der Waals surface area contributed by atoms with E-state index in [1.165, 1.54) is 0 Å². The first-order valence-electron chi connectivity index (χ1n) is 2.33. The summed E-state index contributed by atoms with van der Waals surface area (Å²) in [6.45, 7) is 0. The third kappa shape index (κ3) is 1.59. The number of hydrazone groups is 1. The summed E-state index contributed by atoms with van der Waals surface area (Å²) in [5, 5.41) is 11.7. The Morgan fingerprint density at radius 2 is 2.50 bits per heavy atom. The normalized spacial score (nSPS) is 14.2. The summed E-state index contributed by atoms with van der Waals surface area (Å²) in [4.78, 5) is 9.85. The van der Waals surface area contributed by atoms with E-state index in [0.717, 1.165) is 5.84 Å². The number of hydrogen-bond donors (Lipinski definition) is 2. The monoisotopic (exact) mass is 114 g/mol. The lowest BCUT2D eigenvalue weighted by atomic mass is 10.3. The number of hydrogen-bond acceptors (Lipinski definition) is 3. The van der Waals surface area contributed by atoms with Gasteiger partial charge in [-0.05, 0) is 0 Å². The molecule has 0 aromatic carbocycles. The van der Waals surface area contributed by atoms with Crippen LogP contribution in [0.2, 0.25) is 0 Å². The van der Waals surface area contributed by atoms with E-state index in [1.807, 2.05) is 0 Å². The van der Waals surface area contributed by atoms with E-state index >= 15 is 0 Å². The highest BCUT2D eigenvalue weighted by Gasteiger charge is 2.09. The Balaban J connectivity index is 2.04. The fourth-order valence-electron chi connectivity index (χ4n) is 0.377. The van der Waals surface area contributed by atoms with Gasteiger partial charge in [0, 0.05) is 6.42 Å². The zero-order valence-corrected chi connectivity index (χ0v) is 4.22. The third-order valence-corrected chi connectivity index (χ3v) is 0.846. The predicted octanol–water partition coefficient (Wildman–Crippen LogP) is -0.232. The maximum absolute atomic E-state index is 9.85. The second kappa shape index (κ2) is 1.81. The Bertz CT molecular complexity index is 139. The van der Waals surface area contributed by atoms with Crippen LogP contribution in [0.3, 0.4) is 0 Å². The van der Waals surface area contributed by atoms with Crippen molar-refractivity contribution in [2.45, 2.75) is 12.8 Å². The predicted molar refractivity (Wildman–Crippen MR) is 27.4 cm³/mol. The zero-order valence-electron chi connectivity index (χ0n) is 4.22. The fraction of sp³-hybridized carbons (Fsp3) is 0.500. The van der Waals surface area contributed by atoms with Gasteiger partial charge in [0.1, 0.15) is 5.84 Å². The first-order chi connectivity index (χ1) is 3.79. The van der Waals surface area contributed by atoms with Crippen LogP contribution in [0.25, 0.3) is 0 Å². The molecule has 1 heterocycles. The summed E-state index contributed by atoms with van der Waals surface area (Å²) in [6.07, 6.45) is 0.709. The van der Waals surface area contributed by atoms with E-state index in [9.17, 15) is 4.79 Å². The molecule has 0 aromatic rings. The topological polar surface area (TPSA) is 71.6 Å². The molecule has 0 fully saturated rings. The summed E-state index contributed by atoms with van der Waals surface area (Å²) in [5.41, 5.74) is 2.57. The standard InChI is InChI=1S/C4H6N2O2/c7-4(8)2-1-3-5-6-3/h1-2H2,(H,5,6)(H,7,8). The number of carboxylic acid groups (broad SMARTS) is 1. The second-order valence-electron chi connectivity index (χ2n) is 1.56. The van der Waals surface area contributed by atoms with Gasteiger partial charge < -0.3 is 5.11 Å². The van der Waals surface area contributed by atoms with Crippen molar-refractivity contribution in [2.75, 3.05) is 0 Å². The van der Waals surface area contributed by atoms with E-state index in [0.29, 0.717) is 6.42 Å². The molecule has 0 atom stereocenters. The van der Waals surface area contributed by atoms with Gasteiger partial charge in [0.25, 0.3) is 0 Å². The van der Waals surface area contributed by atoms with E-state index in [1.54, 1.807) is 0 Å². The Morgan fingerprint density at radius 1 is 1.88 bits per heavy atom. The smallest absolute Gasteiger partial charge is 0.303 e. The van der Waals surface area contributed by atoms with Gasteiger partial charge in [-0.3, -0.25) is 10.2 Å². The quantitative estimate of drug-likeness (QED) is 0.532. The van der Waals surface area contributed by atoms with Gasteiger partial charge in [0.15, 0.2) is 0 Å². The molecule has 0 amide bonds. The number of nitrogens with zero attached hydrogens (tertiary/aromatic N) is 1. The Morgan fingerprint density at radius 3 is 2.88 bits per heavy atom. The minimum absolute atomic E-state index is 0.172.